The molecule has 2 rings (SSSR count). The molecule has 0 saturated carbocycles. The Labute approximate surface area is 116 Å². The summed E-state index contributed by atoms with van der Waals surface area (Å²) >= 11 is 0. The van der Waals surface area contributed by atoms with Crippen LogP contribution in [0.3, 0.4) is 0 Å². The highest BCUT2D eigenvalue weighted by Gasteiger charge is 2.17. The first-order chi connectivity index (χ1) is 9.31. The van der Waals surface area contributed by atoms with Crippen molar-refractivity contribution in [3.63, 3.8) is 0 Å². The van der Waals surface area contributed by atoms with E-state index in [4.69, 9.17) is 0 Å². The first-order valence-electron chi connectivity index (χ1n) is 5.89. The van der Waals surface area contributed by atoms with Crippen LogP contribution in [0.2, 0.25) is 0 Å². The minimum atomic E-state index is -3.81. The van der Waals surface area contributed by atoms with Gasteiger partial charge in [0, 0.05) is 5.56 Å². The minimum Gasteiger partial charge on any atom is -0.505 e. The third-order valence-electron chi connectivity index (χ3n) is 2.94. The van der Waals surface area contributed by atoms with Gasteiger partial charge in [-0.1, -0.05) is 17.7 Å². The number of aromatic hydroxyl groups is 1. The van der Waals surface area contributed by atoms with Crippen molar-refractivity contribution >= 4 is 15.7 Å². The third kappa shape index (κ3) is 2.75. The second-order valence-electron chi connectivity index (χ2n) is 4.49. The van der Waals surface area contributed by atoms with Crippen molar-refractivity contribution in [3.8, 4) is 5.75 Å². The molecule has 2 aromatic carbocycles. The first kappa shape index (κ1) is 14.3. The molecule has 0 unspecified atom stereocenters. The number of halogens is 1. The fourth-order valence-electron chi connectivity index (χ4n) is 1.68. The van der Waals surface area contributed by atoms with E-state index in [2.05, 4.69) is 4.72 Å². The van der Waals surface area contributed by atoms with Crippen LogP contribution in [-0.4, -0.2) is 13.5 Å². The summed E-state index contributed by atoms with van der Waals surface area (Å²) in [5.41, 5.74) is 0.878. The molecule has 0 atom stereocenters. The average Bonchev–Trinajstić information content (AvgIpc) is 2.40. The van der Waals surface area contributed by atoms with Gasteiger partial charge < -0.3 is 5.11 Å². The maximum Gasteiger partial charge on any atom is 0.262 e. The number of benzene rings is 2. The van der Waals surface area contributed by atoms with Crippen molar-refractivity contribution in [1.82, 2.24) is 0 Å². The van der Waals surface area contributed by atoms with E-state index in [0.29, 0.717) is 0 Å². The summed E-state index contributed by atoms with van der Waals surface area (Å²) in [6, 6.07) is 8.55. The summed E-state index contributed by atoms with van der Waals surface area (Å²) in [4.78, 5) is 0.0736. The molecule has 20 heavy (non-hydrogen) atoms. The highest BCUT2D eigenvalue weighted by atomic mass is 32.2. The van der Waals surface area contributed by atoms with E-state index >= 15 is 0 Å². The van der Waals surface area contributed by atoms with Gasteiger partial charge in [-0.25, -0.2) is 12.8 Å². The fraction of sp³-hybridized carbons (Fsp3) is 0.143. The van der Waals surface area contributed by atoms with Crippen molar-refractivity contribution in [2.24, 2.45) is 0 Å². The zero-order chi connectivity index (χ0) is 14.9. The van der Waals surface area contributed by atoms with Gasteiger partial charge in [-0.2, -0.15) is 0 Å². The molecule has 0 aromatic heterocycles. The summed E-state index contributed by atoms with van der Waals surface area (Å²) in [6.07, 6.45) is 0. The van der Waals surface area contributed by atoms with Crippen molar-refractivity contribution in [2.75, 3.05) is 4.72 Å². The number of phenolic OH excluding ortho intramolecular Hbond substituents is 1. The Bertz CT molecular complexity index is 740. The van der Waals surface area contributed by atoms with Gasteiger partial charge in [0.05, 0.1) is 10.6 Å². The predicted octanol–water partition coefficient (Wildman–Crippen LogP) is 2.95. The standard InChI is InChI=1S/C14H14FNO3S/c1-9-3-5-11(6-4-9)20(18,19)16-13-8-7-12(15)10(2)14(13)17/h3-8,16-17H,1-2H3. The highest BCUT2D eigenvalue weighted by molar-refractivity contribution is 7.92. The maximum atomic E-state index is 13.2. The van der Waals surface area contributed by atoms with Crippen LogP contribution < -0.4 is 4.72 Å². The molecule has 0 aliphatic rings. The van der Waals surface area contributed by atoms with E-state index in [-0.39, 0.29) is 16.1 Å². The van der Waals surface area contributed by atoms with Gasteiger partial charge in [0.1, 0.15) is 11.6 Å². The third-order valence-corrected chi connectivity index (χ3v) is 4.32. The molecule has 2 aromatic rings. The number of sulfonamides is 1. The number of hydrogen-bond acceptors (Lipinski definition) is 3. The van der Waals surface area contributed by atoms with Crippen LogP contribution in [0.25, 0.3) is 0 Å². The molecule has 2 N–H and O–H groups in total. The van der Waals surface area contributed by atoms with Gasteiger partial charge >= 0.3 is 0 Å². The van der Waals surface area contributed by atoms with Crippen LogP contribution in [0.1, 0.15) is 11.1 Å². The Kier molecular flexibility index (Phi) is 3.67. The second kappa shape index (κ2) is 5.13. The number of phenols is 1. The number of nitrogens with one attached hydrogen (secondary N) is 1. The molecule has 6 heteroatoms. The van der Waals surface area contributed by atoms with Crippen LogP contribution in [-0.2, 0) is 10.0 Å². The van der Waals surface area contributed by atoms with Crippen molar-refractivity contribution in [2.45, 2.75) is 18.7 Å². The van der Waals surface area contributed by atoms with E-state index < -0.39 is 21.6 Å². The molecule has 4 nitrogen and oxygen atoms in total. The van der Waals surface area contributed by atoms with Crippen LogP contribution in [0.4, 0.5) is 10.1 Å². The predicted molar refractivity (Wildman–Crippen MR) is 74.8 cm³/mol. The highest BCUT2D eigenvalue weighted by Crippen LogP contribution is 2.30. The zero-order valence-electron chi connectivity index (χ0n) is 11.0. The van der Waals surface area contributed by atoms with Gasteiger partial charge in [-0.15, -0.1) is 0 Å². The van der Waals surface area contributed by atoms with Crippen LogP contribution in [0, 0.1) is 19.7 Å². The van der Waals surface area contributed by atoms with Gasteiger partial charge in [-0.3, -0.25) is 4.72 Å². The zero-order valence-corrected chi connectivity index (χ0v) is 11.8. The van der Waals surface area contributed by atoms with Crippen LogP contribution in [0.5, 0.6) is 5.75 Å². The Morgan fingerprint density at radius 2 is 1.65 bits per heavy atom. The first-order valence-corrected chi connectivity index (χ1v) is 7.37. The fourth-order valence-corrected chi connectivity index (χ4v) is 2.75. The molecule has 0 aliphatic carbocycles. The molecule has 0 spiro atoms. The SMILES string of the molecule is Cc1ccc(S(=O)(=O)Nc2ccc(F)c(C)c2O)cc1. The summed E-state index contributed by atoms with van der Waals surface area (Å²) in [5, 5.41) is 9.77. The van der Waals surface area contributed by atoms with E-state index in [0.717, 1.165) is 11.6 Å². The average molecular weight is 295 g/mol. The maximum absolute atomic E-state index is 13.2. The Morgan fingerprint density at radius 3 is 2.25 bits per heavy atom. The lowest BCUT2D eigenvalue weighted by Gasteiger charge is -2.11. The summed E-state index contributed by atoms with van der Waals surface area (Å²) in [5.74, 6) is -1.01. The van der Waals surface area contributed by atoms with E-state index in [1.165, 1.54) is 25.1 Å². The molecular weight excluding hydrogens is 281 g/mol. The molecular formula is C14H14FNO3S. The normalized spacial score (nSPS) is 11.3. The summed E-state index contributed by atoms with van der Waals surface area (Å²) in [6.45, 7) is 3.22. The molecule has 0 saturated heterocycles. The molecule has 0 fully saturated rings. The quantitative estimate of drug-likeness (QED) is 0.856. The smallest absolute Gasteiger partial charge is 0.262 e. The van der Waals surface area contributed by atoms with Gasteiger partial charge in [-0.05, 0) is 38.1 Å². The lowest BCUT2D eigenvalue weighted by molar-refractivity contribution is 0.465. The van der Waals surface area contributed by atoms with Gasteiger partial charge in [0.2, 0.25) is 0 Å². The summed E-state index contributed by atoms with van der Waals surface area (Å²) in [7, 11) is -3.81. The van der Waals surface area contributed by atoms with E-state index in [1.54, 1.807) is 12.1 Å². The molecule has 0 heterocycles. The largest absolute Gasteiger partial charge is 0.505 e. The molecule has 0 aliphatic heterocycles. The summed E-state index contributed by atoms with van der Waals surface area (Å²) < 4.78 is 39.8. The number of rotatable bonds is 3. The second-order valence-corrected chi connectivity index (χ2v) is 6.17. The Morgan fingerprint density at radius 1 is 1.05 bits per heavy atom. The van der Waals surface area contributed by atoms with Crippen LogP contribution in [0.15, 0.2) is 41.3 Å². The number of anilines is 1. The van der Waals surface area contributed by atoms with E-state index in [9.17, 15) is 17.9 Å². The van der Waals surface area contributed by atoms with E-state index in [1.807, 2.05) is 6.92 Å². The molecule has 0 amide bonds. The van der Waals surface area contributed by atoms with Crippen LogP contribution >= 0.6 is 0 Å². The van der Waals surface area contributed by atoms with Crippen molar-refractivity contribution in [1.29, 1.82) is 0 Å². The van der Waals surface area contributed by atoms with Gasteiger partial charge in [0.25, 0.3) is 10.0 Å². The molecule has 0 bridgehead atoms. The van der Waals surface area contributed by atoms with Crippen molar-refractivity contribution < 1.29 is 17.9 Å². The molecule has 106 valence electrons. The lowest BCUT2D eigenvalue weighted by atomic mass is 10.2. The number of aryl methyl sites for hydroxylation is 1. The van der Waals surface area contributed by atoms with Gasteiger partial charge in [0.15, 0.2) is 0 Å². The Balaban J connectivity index is 2.38. The Hall–Kier alpha value is -2.08. The number of hydrogen-bond donors (Lipinski definition) is 2. The van der Waals surface area contributed by atoms with Crippen molar-refractivity contribution in [3.05, 3.63) is 53.3 Å². The topological polar surface area (TPSA) is 66.4 Å². The molecule has 0 radical (unpaired) electrons. The lowest BCUT2D eigenvalue weighted by Crippen LogP contribution is -2.13. The monoisotopic (exact) mass is 295 g/mol. The minimum absolute atomic E-state index is 0.00546.